The minimum Gasteiger partial charge on any atom is -0.352 e. The Morgan fingerprint density at radius 2 is 1.90 bits per heavy atom. The summed E-state index contributed by atoms with van der Waals surface area (Å²) in [6.07, 6.45) is 6.13. The Hall–Kier alpha value is -1.31. The summed E-state index contributed by atoms with van der Waals surface area (Å²) in [7, 11) is 0. The highest BCUT2D eigenvalue weighted by Gasteiger charge is 2.45. The van der Waals surface area contributed by atoms with Crippen molar-refractivity contribution in [1.82, 2.24) is 5.32 Å². The quantitative estimate of drug-likeness (QED) is 0.868. The molecule has 20 heavy (non-hydrogen) atoms. The highest BCUT2D eigenvalue weighted by molar-refractivity contribution is 5.76. The van der Waals surface area contributed by atoms with Crippen LogP contribution in [0.15, 0.2) is 30.3 Å². The molecule has 1 N–H and O–H groups in total. The first kappa shape index (κ1) is 13.7. The van der Waals surface area contributed by atoms with Crippen LogP contribution in [0.3, 0.4) is 0 Å². The molecule has 2 nitrogen and oxygen atoms in total. The molecule has 2 heteroatoms. The lowest BCUT2D eigenvalue weighted by atomic mass is 9.78. The lowest BCUT2D eigenvalue weighted by Crippen LogP contribution is -2.29. The number of hydrogen-bond acceptors (Lipinski definition) is 1. The molecular formula is C18H25NO. The largest absolute Gasteiger partial charge is 0.352 e. The number of carbonyl (C=O) groups excluding carboxylic acids is 1. The van der Waals surface area contributed by atoms with Gasteiger partial charge in [-0.2, -0.15) is 0 Å². The van der Waals surface area contributed by atoms with E-state index < -0.39 is 0 Å². The molecule has 4 atom stereocenters. The first-order valence-electron chi connectivity index (χ1n) is 8.07. The molecule has 4 unspecified atom stereocenters. The van der Waals surface area contributed by atoms with Crippen molar-refractivity contribution >= 4 is 5.91 Å². The molecule has 2 aliphatic carbocycles. The molecule has 1 amide bonds. The molecule has 0 heterocycles. The van der Waals surface area contributed by atoms with Gasteiger partial charge in [-0.3, -0.25) is 4.79 Å². The predicted molar refractivity (Wildman–Crippen MR) is 81.0 cm³/mol. The van der Waals surface area contributed by atoms with E-state index in [4.69, 9.17) is 0 Å². The summed E-state index contributed by atoms with van der Waals surface area (Å²) in [6, 6.07) is 10.2. The second-order valence-electron chi connectivity index (χ2n) is 6.63. The standard InChI is InChI=1S/C18H25NO/c1-2-15-8-14-9-16(17(15)10-14)11-18(20)19-12-13-6-4-3-5-7-13/h3-7,14-17H,2,8-12H2,1H3,(H,19,20). The molecule has 3 rings (SSSR count). The van der Waals surface area contributed by atoms with Crippen LogP contribution < -0.4 is 5.32 Å². The van der Waals surface area contributed by atoms with Crippen LogP contribution in [0, 0.1) is 23.7 Å². The van der Waals surface area contributed by atoms with Gasteiger partial charge in [0.25, 0.3) is 0 Å². The summed E-state index contributed by atoms with van der Waals surface area (Å²) >= 11 is 0. The van der Waals surface area contributed by atoms with Crippen molar-refractivity contribution < 1.29 is 4.79 Å². The van der Waals surface area contributed by atoms with Crippen LogP contribution >= 0.6 is 0 Å². The van der Waals surface area contributed by atoms with Crippen molar-refractivity contribution in [2.75, 3.05) is 0 Å². The van der Waals surface area contributed by atoms with Crippen LogP contribution in [0.5, 0.6) is 0 Å². The van der Waals surface area contributed by atoms with Gasteiger partial charge in [0.05, 0.1) is 0 Å². The SMILES string of the molecule is CCC1CC2CC(CC(=O)NCc3ccccc3)C1C2. The van der Waals surface area contributed by atoms with Crippen molar-refractivity contribution in [2.24, 2.45) is 23.7 Å². The van der Waals surface area contributed by atoms with Gasteiger partial charge in [-0.05, 0) is 48.5 Å². The summed E-state index contributed by atoms with van der Waals surface area (Å²) in [6.45, 7) is 2.97. The fourth-order valence-electron chi connectivity index (χ4n) is 4.46. The monoisotopic (exact) mass is 271 g/mol. The zero-order chi connectivity index (χ0) is 13.9. The molecule has 2 bridgehead atoms. The number of amides is 1. The van der Waals surface area contributed by atoms with Gasteiger partial charge >= 0.3 is 0 Å². The smallest absolute Gasteiger partial charge is 0.220 e. The number of nitrogens with one attached hydrogen (secondary N) is 1. The van der Waals surface area contributed by atoms with Crippen molar-refractivity contribution in [2.45, 2.75) is 45.6 Å². The van der Waals surface area contributed by atoms with E-state index >= 15 is 0 Å². The molecule has 2 saturated carbocycles. The van der Waals surface area contributed by atoms with E-state index in [1.54, 1.807) is 0 Å². The summed E-state index contributed by atoms with van der Waals surface area (Å²) in [5.74, 6) is 3.51. The minimum absolute atomic E-state index is 0.237. The van der Waals surface area contributed by atoms with Gasteiger partial charge in [0.2, 0.25) is 5.91 Å². The summed E-state index contributed by atoms with van der Waals surface area (Å²) in [4.78, 5) is 12.1. The van der Waals surface area contributed by atoms with Gasteiger partial charge in [-0.15, -0.1) is 0 Å². The van der Waals surface area contributed by atoms with Crippen LogP contribution in [-0.4, -0.2) is 5.91 Å². The molecular weight excluding hydrogens is 246 g/mol. The molecule has 2 aliphatic rings. The van der Waals surface area contributed by atoms with E-state index in [2.05, 4.69) is 24.4 Å². The molecule has 0 radical (unpaired) electrons. The lowest BCUT2D eigenvalue weighted by molar-refractivity contribution is -0.122. The fourth-order valence-corrected chi connectivity index (χ4v) is 4.46. The maximum absolute atomic E-state index is 12.1. The van der Waals surface area contributed by atoms with Gasteiger partial charge in [0.15, 0.2) is 0 Å². The number of benzene rings is 1. The second kappa shape index (κ2) is 5.99. The van der Waals surface area contributed by atoms with E-state index in [-0.39, 0.29) is 5.91 Å². The van der Waals surface area contributed by atoms with E-state index in [1.165, 1.54) is 31.2 Å². The third-order valence-corrected chi connectivity index (χ3v) is 5.39. The van der Waals surface area contributed by atoms with Crippen LogP contribution in [0.1, 0.15) is 44.6 Å². The maximum atomic E-state index is 12.1. The molecule has 2 fully saturated rings. The van der Waals surface area contributed by atoms with Gasteiger partial charge in [-0.25, -0.2) is 0 Å². The average Bonchev–Trinajstić information content (AvgIpc) is 3.05. The van der Waals surface area contributed by atoms with Gasteiger partial charge in [0, 0.05) is 13.0 Å². The Labute approximate surface area is 122 Å². The summed E-state index contributed by atoms with van der Waals surface area (Å²) in [5, 5.41) is 3.08. The normalized spacial score (nSPS) is 31.4. The lowest BCUT2D eigenvalue weighted by Gasteiger charge is -2.28. The Morgan fingerprint density at radius 1 is 1.15 bits per heavy atom. The second-order valence-corrected chi connectivity index (χ2v) is 6.63. The highest BCUT2D eigenvalue weighted by atomic mass is 16.1. The average molecular weight is 271 g/mol. The Bertz CT molecular complexity index is 456. The van der Waals surface area contributed by atoms with Gasteiger partial charge in [-0.1, -0.05) is 43.7 Å². The Kier molecular flexibility index (Phi) is 4.09. The number of fused-ring (bicyclic) bond motifs is 2. The van der Waals surface area contributed by atoms with Crippen LogP contribution in [0.2, 0.25) is 0 Å². The molecule has 1 aromatic carbocycles. The zero-order valence-electron chi connectivity index (χ0n) is 12.3. The molecule has 0 saturated heterocycles. The number of rotatable bonds is 5. The zero-order valence-corrected chi connectivity index (χ0v) is 12.3. The summed E-state index contributed by atoms with van der Waals surface area (Å²) < 4.78 is 0. The molecule has 0 aliphatic heterocycles. The van der Waals surface area contributed by atoms with Crippen molar-refractivity contribution in [1.29, 1.82) is 0 Å². The Balaban J connectivity index is 1.48. The van der Waals surface area contributed by atoms with E-state index in [9.17, 15) is 4.79 Å². The molecule has 0 spiro atoms. The van der Waals surface area contributed by atoms with E-state index in [1.807, 2.05) is 18.2 Å². The number of hydrogen-bond donors (Lipinski definition) is 1. The molecule has 0 aromatic heterocycles. The third-order valence-electron chi connectivity index (χ3n) is 5.39. The van der Waals surface area contributed by atoms with Crippen LogP contribution in [-0.2, 0) is 11.3 Å². The minimum atomic E-state index is 0.237. The highest BCUT2D eigenvalue weighted by Crippen LogP contribution is 2.53. The number of carbonyl (C=O) groups is 1. The van der Waals surface area contributed by atoms with Crippen LogP contribution in [0.4, 0.5) is 0 Å². The van der Waals surface area contributed by atoms with Gasteiger partial charge < -0.3 is 5.32 Å². The molecule has 1 aromatic rings. The van der Waals surface area contributed by atoms with E-state index in [0.717, 1.165) is 24.2 Å². The predicted octanol–water partition coefficient (Wildman–Crippen LogP) is 3.77. The summed E-state index contributed by atoms with van der Waals surface area (Å²) in [5.41, 5.74) is 1.18. The van der Waals surface area contributed by atoms with Crippen molar-refractivity contribution in [3.05, 3.63) is 35.9 Å². The fraction of sp³-hybridized carbons (Fsp3) is 0.611. The van der Waals surface area contributed by atoms with Gasteiger partial charge in [0.1, 0.15) is 0 Å². The Morgan fingerprint density at radius 3 is 2.60 bits per heavy atom. The molecule has 108 valence electrons. The first-order valence-corrected chi connectivity index (χ1v) is 8.07. The first-order chi connectivity index (χ1) is 9.76. The topological polar surface area (TPSA) is 29.1 Å². The van der Waals surface area contributed by atoms with Crippen molar-refractivity contribution in [3.8, 4) is 0 Å². The maximum Gasteiger partial charge on any atom is 0.220 e. The van der Waals surface area contributed by atoms with Crippen molar-refractivity contribution in [3.63, 3.8) is 0 Å². The van der Waals surface area contributed by atoms with Crippen LogP contribution in [0.25, 0.3) is 0 Å². The van der Waals surface area contributed by atoms with E-state index in [0.29, 0.717) is 12.5 Å². The third kappa shape index (κ3) is 2.89.